The van der Waals surface area contributed by atoms with Crippen molar-refractivity contribution in [1.29, 1.82) is 0 Å². The molecule has 1 saturated heterocycles. The Morgan fingerprint density at radius 1 is 1.00 bits per heavy atom. The molecule has 0 spiro atoms. The molecule has 9 nitrogen and oxygen atoms in total. The van der Waals surface area contributed by atoms with Crippen LogP contribution in [0.15, 0.2) is 53.4 Å². The van der Waals surface area contributed by atoms with Crippen LogP contribution in [0.2, 0.25) is 0 Å². The van der Waals surface area contributed by atoms with E-state index in [0.29, 0.717) is 30.1 Å². The summed E-state index contributed by atoms with van der Waals surface area (Å²) in [6, 6.07) is 13.7. The van der Waals surface area contributed by atoms with Crippen molar-refractivity contribution < 1.29 is 17.9 Å². The van der Waals surface area contributed by atoms with Crippen LogP contribution in [0.25, 0.3) is 11.3 Å². The van der Waals surface area contributed by atoms with Gasteiger partial charge in [0.15, 0.2) is 0 Å². The smallest absolute Gasteiger partial charge is 0.264 e. The number of benzene rings is 2. The fourth-order valence-corrected chi connectivity index (χ4v) is 7.09. The fourth-order valence-electron chi connectivity index (χ4n) is 6.10. The van der Waals surface area contributed by atoms with Crippen molar-refractivity contribution in [2.24, 2.45) is 11.3 Å². The molecule has 2 aromatic carbocycles. The highest BCUT2D eigenvalue weighted by Crippen LogP contribution is 2.32. The van der Waals surface area contributed by atoms with Gasteiger partial charge in [-0.05, 0) is 93.9 Å². The van der Waals surface area contributed by atoms with Crippen molar-refractivity contribution in [3.63, 3.8) is 0 Å². The van der Waals surface area contributed by atoms with E-state index in [-0.39, 0.29) is 40.7 Å². The number of rotatable bonds is 4. The van der Waals surface area contributed by atoms with Crippen molar-refractivity contribution in [2.75, 3.05) is 38.0 Å². The number of carbonyl (C=O) groups excluding carboxylic acids is 1. The van der Waals surface area contributed by atoms with Gasteiger partial charge >= 0.3 is 0 Å². The van der Waals surface area contributed by atoms with E-state index in [0.717, 1.165) is 42.6 Å². The summed E-state index contributed by atoms with van der Waals surface area (Å²) in [6.07, 6.45) is 2.69. The fraction of sp³-hybridized carbons (Fsp3) is 0.485. The second-order valence-electron chi connectivity index (χ2n) is 13.2. The van der Waals surface area contributed by atoms with E-state index >= 15 is 0 Å². The summed E-state index contributed by atoms with van der Waals surface area (Å²) >= 11 is 0. The van der Waals surface area contributed by atoms with Gasteiger partial charge in [0.25, 0.3) is 15.9 Å². The highest BCUT2D eigenvalue weighted by molar-refractivity contribution is 7.92. The maximum atomic E-state index is 14.3. The normalized spacial score (nSPS) is 19.9. The number of likely N-dealkylation sites (tertiary alicyclic amines) is 1. The molecule has 0 radical (unpaired) electrons. The van der Waals surface area contributed by atoms with Crippen molar-refractivity contribution in [3.8, 4) is 17.1 Å². The molecule has 0 unspecified atom stereocenters. The Bertz CT molecular complexity index is 1570. The van der Waals surface area contributed by atoms with Crippen LogP contribution in [0.4, 0.5) is 5.95 Å². The topological polar surface area (TPSA) is 105 Å². The molecule has 2 aliphatic rings. The molecule has 4 bridgehead atoms. The summed E-state index contributed by atoms with van der Waals surface area (Å²) < 4.78 is 36.1. The number of nitrogens with zero attached hydrogens (tertiary/aromatic N) is 4. The summed E-state index contributed by atoms with van der Waals surface area (Å²) in [6.45, 7) is 13.2. The van der Waals surface area contributed by atoms with Crippen molar-refractivity contribution in [1.82, 2.24) is 19.8 Å². The number of nitrogens with one attached hydrogen (secondary N) is 1. The lowest BCUT2D eigenvalue weighted by Crippen LogP contribution is -2.49. The number of sulfonamides is 1. The van der Waals surface area contributed by atoms with E-state index in [1.54, 1.807) is 18.2 Å². The van der Waals surface area contributed by atoms with Crippen LogP contribution < -0.4 is 9.46 Å². The van der Waals surface area contributed by atoms with E-state index in [2.05, 4.69) is 47.4 Å². The summed E-state index contributed by atoms with van der Waals surface area (Å²) in [4.78, 5) is 27.6. The number of anilines is 1. The van der Waals surface area contributed by atoms with E-state index < -0.39 is 10.0 Å². The van der Waals surface area contributed by atoms with Crippen LogP contribution in [0.1, 0.15) is 61.5 Å². The standard InChI is InChI=1S/C33H43N5O4S/c1-22-9-7-10-23(2)30(22)28-18-29-35-32(34-28)36-43(40,41)27-12-8-11-25(17-27)31(39)38(20-24-13-15-37(6)16-14-24)26(21-42-29)19-33(3,4)5/h7-12,17-18,24,26H,13-16,19-21H2,1-6H3,(H,34,35,36)/t26-/m1/s1. The Labute approximate surface area is 255 Å². The zero-order chi connectivity index (χ0) is 30.9. The molecule has 10 heteroatoms. The molecule has 1 atom stereocenters. The first-order valence-electron chi connectivity index (χ1n) is 15.0. The molecule has 1 fully saturated rings. The number of hydrogen-bond acceptors (Lipinski definition) is 7. The molecule has 5 rings (SSSR count). The highest BCUT2D eigenvalue weighted by atomic mass is 32.2. The van der Waals surface area contributed by atoms with Gasteiger partial charge in [-0.25, -0.2) is 18.1 Å². The van der Waals surface area contributed by atoms with Gasteiger partial charge in [-0.15, -0.1) is 0 Å². The number of fused-ring (bicyclic) bond motifs is 4. The van der Waals surface area contributed by atoms with Crippen molar-refractivity contribution in [2.45, 2.75) is 64.8 Å². The second-order valence-corrected chi connectivity index (χ2v) is 14.9. The quantitative estimate of drug-likeness (QED) is 0.416. The molecule has 3 aromatic rings. The number of ether oxygens (including phenoxy) is 1. The molecule has 0 aliphatic carbocycles. The number of aromatic nitrogens is 2. The van der Waals surface area contributed by atoms with Gasteiger partial charge in [0, 0.05) is 23.7 Å². The predicted molar refractivity (Wildman–Crippen MR) is 169 cm³/mol. The van der Waals surface area contributed by atoms with Crippen LogP contribution in [-0.2, 0) is 10.0 Å². The molecular formula is C33H43N5O4S. The number of aryl methyl sites for hydroxylation is 2. The van der Waals surface area contributed by atoms with Crippen LogP contribution in [0.5, 0.6) is 5.88 Å². The minimum atomic E-state index is -4.10. The van der Waals surface area contributed by atoms with E-state index in [4.69, 9.17) is 4.74 Å². The zero-order valence-electron chi connectivity index (χ0n) is 26.1. The number of carbonyl (C=O) groups is 1. The lowest BCUT2D eigenvalue weighted by Gasteiger charge is -2.39. The third-order valence-electron chi connectivity index (χ3n) is 8.32. The summed E-state index contributed by atoms with van der Waals surface area (Å²) in [7, 11) is -1.98. The molecule has 0 saturated carbocycles. The van der Waals surface area contributed by atoms with Crippen LogP contribution in [-0.4, -0.2) is 73.4 Å². The van der Waals surface area contributed by atoms with Crippen molar-refractivity contribution >= 4 is 21.9 Å². The van der Waals surface area contributed by atoms with Gasteiger partial charge in [-0.1, -0.05) is 45.0 Å². The second kappa shape index (κ2) is 12.2. The molecule has 1 aromatic heterocycles. The van der Waals surface area contributed by atoms with Gasteiger partial charge < -0.3 is 14.5 Å². The SMILES string of the molecule is Cc1cccc(C)c1-c1cc2nc(n1)NS(=O)(=O)c1cccc(c1)C(=O)N(CC1CCN(C)CC1)[C@H](CC(C)(C)C)CO2. The summed E-state index contributed by atoms with van der Waals surface area (Å²) in [5, 5.41) is 0. The first-order valence-corrected chi connectivity index (χ1v) is 16.5. The van der Waals surface area contributed by atoms with E-state index in [9.17, 15) is 13.2 Å². The maximum Gasteiger partial charge on any atom is 0.264 e. The first-order chi connectivity index (χ1) is 20.3. The average molecular weight is 606 g/mol. The lowest BCUT2D eigenvalue weighted by molar-refractivity contribution is 0.0445. The Kier molecular flexibility index (Phi) is 8.81. The number of amides is 1. The summed E-state index contributed by atoms with van der Waals surface area (Å²) in [5.74, 6) is 0.318. The largest absolute Gasteiger partial charge is 0.475 e. The molecule has 1 amide bonds. The molecule has 3 heterocycles. The maximum absolute atomic E-state index is 14.3. The number of hydrogen-bond donors (Lipinski definition) is 1. The van der Waals surface area contributed by atoms with Crippen LogP contribution in [0, 0.1) is 25.2 Å². The van der Waals surface area contributed by atoms with Crippen LogP contribution in [0.3, 0.4) is 0 Å². The minimum absolute atomic E-state index is 0.0206. The number of piperidine rings is 1. The third kappa shape index (κ3) is 7.36. The lowest BCUT2D eigenvalue weighted by atomic mass is 9.86. The van der Waals surface area contributed by atoms with E-state index in [1.807, 2.05) is 36.9 Å². The minimum Gasteiger partial charge on any atom is -0.475 e. The molecule has 43 heavy (non-hydrogen) atoms. The van der Waals surface area contributed by atoms with Gasteiger partial charge in [0.2, 0.25) is 11.8 Å². The Morgan fingerprint density at radius 3 is 2.35 bits per heavy atom. The monoisotopic (exact) mass is 605 g/mol. The van der Waals surface area contributed by atoms with E-state index in [1.165, 1.54) is 12.1 Å². The molecule has 230 valence electrons. The highest BCUT2D eigenvalue weighted by Gasteiger charge is 2.33. The molecule has 1 N–H and O–H groups in total. The van der Waals surface area contributed by atoms with Gasteiger partial charge in [0.1, 0.15) is 6.61 Å². The van der Waals surface area contributed by atoms with Crippen molar-refractivity contribution in [3.05, 3.63) is 65.2 Å². The zero-order valence-corrected chi connectivity index (χ0v) is 26.9. The Hall–Kier alpha value is -3.50. The Balaban J connectivity index is 1.63. The summed E-state index contributed by atoms with van der Waals surface area (Å²) in [5.41, 5.74) is 3.70. The van der Waals surface area contributed by atoms with Crippen LogP contribution >= 0.6 is 0 Å². The molecule has 2 aliphatic heterocycles. The third-order valence-corrected chi connectivity index (χ3v) is 9.65. The average Bonchev–Trinajstić information content (AvgIpc) is 2.93. The predicted octanol–water partition coefficient (Wildman–Crippen LogP) is 5.54. The van der Waals surface area contributed by atoms with Gasteiger partial charge in [0.05, 0.1) is 16.6 Å². The van der Waals surface area contributed by atoms with Gasteiger partial charge in [-0.2, -0.15) is 4.98 Å². The Morgan fingerprint density at radius 2 is 1.67 bits per heavy atom. The first kappa shape index (κ1) is 30.9. The molecular weight excluding hydrogens is 562 g/mol. The van der Waals surface area contributed by atoms with Gasteiger partial charge in [-0.3, -0.25) is 4.79 Å².